The zero-order valence-electron chi connectivity index (χ0n) is 13.5. The average molecular weight is 294 g/mol. The summed E-state index contributed by atoms with van der Waals surface area (Å²) in [6, 6.07) is 0.311. The molecule has 3 fully saturated rings. The van der Waals surface area contributed by atoms with Crippen molar-refractivity contribution in [2.45, 2.75) is 70.4 Å². The fraction of sp³-hybridized carbons (Fsp3) is 0.941. The third-order valence-electron chi connectivity index (χ3n) is 6.23. The summed E-state index contributed by atoms with van der Waals surface area (Å²) in [5, 5.41) is 6.74. The second kappa shape index (κ2) is 5.88. The number of rotatable bonds is 4. The van der Waals surface area contributed by atoms with Crippen LogP contribution in [0.4, 0.5) is 0 Å². The molecule has 0 radical (unpaired) electrons. The first kappa shape index (κ1) is 15.3. The summed E-state index contributed by atoms with van der Waals surface area (Å²) in [5.41, 5.74) is 0.333. The highest BCUT2D eigenvalue weighted by atomic mass is 16.5. The lowest BCUT2D eigenvalue weighted by Crippen LogP contribution is -2.49. The number of ether oxygens (including phenoxy) is 1. The van der Waals surface area contributed by atoms with Crippen LogP contribution in [-0.2, 0) is 9.53 Å². The van der Waals surface area contributed by atoms with Crippen LogP contribution in [0.1, 0.15) is 58.8 Å². The predicted octanol–water partition coefficient (Wildman–Crippen LogP) is 2.23. The van der Waals surface area contributed by atoms with Gasteiger partial charge in [-0.15, -0.1) is 0 Å². The van der Waals surface area contributed by atoms with Crippen LogP contribution in [0.15, 0.2) is 0 Å². The number of hydrogen-bond acceptors (Lipinski definition) is 3. The Bertz CT molecular complexity index is 386. The van der Waals surface area contributed by atoms with E-state index in [0.717, 1.165) is 51.8 Å². The molecule has 1 saturated carbocycles. The molecule has 4 heteroatoms. The number of hydrogen-bond donors (Lipinski definition) is 2. The highest BCUT2D eigenvalue weighted by Gasteiger charge is 2.57. The van der Waals surface area contributed by atoms with Crippen LogP contribution in [0.2, 0.25) is 0 Å². The SMILES string of the molecule is CCC1(CC)CC(NC(=O)C2CC23CCNCC3)CCO1. The number of amides is 1. The van der Waals surface area contributed by atoms with Gasteiger partial charge in [0.2, 0.25) is 5.91 Å². The maximum absolute atomic E-state index is 12.6. The predicted molar refractivity (Wildman–Crippen MR) is 83.1 cm³/mol. The van der Waals surface area contributed by atoms with Crippen LogP contribution in [0.25, 0.3) is 0 Å². The molecule has 3 aliphatic rings. The van der Waals surface area contributed by atoms with Gasteiger partial charge in [-0.2, -0.15) is 0 Å². The van der Waals surface area contributed by atoms with Crippen molar-refractivity contribution in [2.75, 3.05) is 19.7 Å². The Morgan fingerprint density at radius 1 is 1.24 bits per heavy atom. The number of nitrogens with one attached hydrogen (secondary N) is 2. The van der Waals surface area contributed by atoms with Crippen molar-refractivity contribution in [2.24, 2.45) is 11.3 Å². The molecule has 0 aromatic heterocycles. The largest absolute Gasteiger partial charge is 0.375 e. The highest BCUT2D eigenvalue weighted by molar-refractivity contribution is 5.82. The van der Waals surface area contributed by atoms with E-state index in [1.165, 1.54) is 12.8 Å². The first-order valence-corrected chi connectivity index (χ1v) is 8.78. The van der Waals surface area contributed by atoms with E-state index < -0.39 is 0 Å². The Morgan fingerprint density at radius 2 is 1.95 bits per heavy atom. The van der Waals surface area contributed by atoms with Gasteiger partial charge in [0.25, 0.3) is 0 Å². The van der Waals surface area contributed by atoms with Crippen LogP contribution in [0, 0.1) is 11.3 Å². The Hall–Kier alpha value is -0.610. The van der Waals surface area contributed by atoms with Gasteiger partial charge in [-0.3, -0.25) is 4.79 Å². The van der Waals surface area contributed by atoms with E-state index in [2.05, 4.69) is 24.5 Å². The first-order chi connectivity index (χ1) is 10.1. The van der Waals surface area contributed by atoms with E-state index in [-0.39, 0.29) is 11.5 Å². The lowest BCUT2D eigenvalue weighted by Gasteiger charge is -2.40. The molecule has 1 aliphatic carbocycles. The van der Waals surface area contributed by atoms with Gasteiger partial charge >= 0.3 is 0 Å². The Morgan fingerprint density at radius 3 is 2.62 bits per heavy atom. The molecule has 2 saturated heterocycles. The standard InChI is InChI=1S/C17H30N2O2/c1-3-17(4-2)11-13(5-10-21-17)19-15(20)14-12-16(14)6-8-18-9-7-16/h13-14,18H,3-12H2,1-2H3,(H,19,20). The van der Waals surface area contributed by atoms with Gasteiger partial charge in [0.15, 0.2) is 0 Å². The van der Waals surface area contributed by atoms with Gasteiger partial charge in [-0.25, -0.2) is 0 Å². The van der Waals surface area contributed by atoms with Crippen molar-refractivity contribution in [3.8, 4) is 0 Å². The molecule has 1 spiro atoms. The first-order valence-electron chi connectivity index (χ1n) is 8.78. The van der Waals surface area contributed by atoms with Gasteiger partial charge in [0, 0.05) is 18.6 Å². The van der Waals surface area contributed by atoms with Crippen LogP contribution in [0.3, 0.4) is 0 Å². The van der Waals surface area contributed by atoms with Crippen molar-refractivity contribution < 1.29 is 9.53 Å². The van der Waals surface area contributed by atoms with E-state index in [9.17, 15) is 4.79 Å². The molecular weight excluding hydrogens is 264 g/mol. The van der Waals surface area contributed by atoms with Crippen molar-refractivity contribution >= 4 is 5.91 Å². The zero-order valence-corrected chi connectivity index (χ0v) is 13.5. The number of carbonyl (C=O) groups is 1. The highest BCUT2D eigenvalue weighted by Crippen LogP contribution is 2.58. The quantitative estimate of drug-likeness (QED) is 0.836. The van der Waals surface area contributed by atoms with E-state index in [4.69, 9.17) is 4.74 Å². The van der Waals surface area contributed by atoms with Gasteiger partial charge < -0.3 is 15.4 Å². The third kappa shape index (κ3) is 2.98. The molecule has 21 heavy (non-hydrogen) atoms. The third-order valence-corrected chi connectivity index (χ3v) is 6.23. The van der Waals surface area contributed by atoms with Crippen LogP contribution >= 0.6 is 0 Å². The smallest absolute Gasteiger partial charge is 0.223 e. The Kier molecular flexibility index (Phi) is 4.28. The zero-order chi connectivity index (χ0) is 14.9. The fourth-order valence-electron chi connectivity index (χ4n) is 4.39. The molecule has 3 rings (SSSR count). The van der Waals surface area contributed by atoms with Gasteiger partial charge in [-0.1, -0.05) is 13.8 Å². The molecular formula is C17H30N2O2. The van der Waals surface area contributed by atoms with Crippen LogP contribution in [0.5, 0.6) is 0 Å². The molecule has 0 bridgehead atoms. The van der Waals surface area contributed by atoms with Gasteiger partial charge in [0.05, 0.1) is 5.60 Å². The number of carbonyl (C=O) groups excluding carboxylic acids is 1. The Labute approximate surface area is 128 Å². The number of piperidine rings is 1. The Balaban J connectivity index is 1.53. The van der Waals surface area contributed by atoms with Gasteiger partial charge in [0.1, 0.15) is 0 Å². The van der Waals surface area contributed by atoms with Crippen molar-refractivity contribution in [1.82, 2.24) is 10.6 Å². The summed E-state index contributed by atoms with van der Waals surface area (Å²) < 4.78 is 6.00. The van der Waals surface area contributed by atoms with Crippen LogP contribution in [-0.4, -0.2) is 37.2 Å². The molecule has 2 unspecified atom stereocenters. The summed E-state index contributed by atoms with van der Waals surface area (Å²) in [5.74, 6) is 0.588. The van der Waals surface area contributed by atoms with Crippen LogP contribution < -0.4 is 10.6 Å². The van der Waals surface area contributed by atoms with E-state index in [1.807, 2.05) is 0 Å². The fourth-order valence-corrected chi connectivity index (χ4v) is 4.39. The minimum absolute atomic E-state index is 0.00774. The molecule has 2 atom stereocenters. The van der Waals surface area contributed by atoms with Crippen molar-refractivity contribution in [1.29, 1.82) is 0 Å². The molecule has 2 aliphatic heterocycles. The normalized spacial score (nSPS) is 33.6. The van der Waals surface area contributed by atoms with Crippen molar-refractivity contribution in [3.05, 3.63) is 0 Å². The van der Waals surface area contributed by atoms with E-state index >= 15 is 0 Å². The molecule has 2 N–H and O–H groups in total. The molecule has 120 valence electrons. The average Bonchev–Trinajstić information content (AvgIpc) is 3.21. The minimum Gasteiger partial charge on any atom is -0.375 e. The summed E-state index contributed by atoms with van der Waals surface area (Å²) in [7, 11) is 0. The minimum atomic E-state index is -0.00774. The van der Waals surface area contributed by atoms with Crippen molar-refractivity contribution in [3.63, 3.8) is 0 Å². The molecule has 1 amide bonds. The second-order valence-corrected chi connectivity index (χ2v) is 7.31. The summed E-state index contributed by atoms with van der Waals surface area (Å²) >= 11 is 0. The maximum atomic E-state index is 12.6. The summed E-state index contributed by atoms with van der Waals surface area (Å²) in [4.78, 5) is 12.6. The van der Waals surface area contributed by atoms with Gasteiger partial charge in [-0.05, 0) is 63.5 Å². The molecule has 0 aromatic carbocycles. The lowest BCUT2D eigenvalue weighted by atomic mass is 9.85. The second-order valence-electron chi connectivity index (χ2n) is 7.31. The molecule has 0 aromatic rings. The monoisotopic (exact) mass is 294 g/mol. The molecule has 2 heterocycles. The summed E-state index contributed by atoms with van der Waals surface area (Å²) in [6.45, 7) is 7.33. The maximum Gasteiger partial charge on any atom is 0.223 e. The summed E-state index contributed by atoms with van der Waals surface area (Å²) in [6.07, 6.45) is 7.47. The lowest BCUT2D eigenvalue weighted by molar-refractivity contribution is -0.128. The van der Waals surface area contributed by atoms with E-state index in [0.29, 0.717) is 17.4 Å². The topological polar surface area (TPSA) is 50.4 Å². The van der Waals surface area contributed by atoms with E-state index in [1.54, 1.807) is 0 Å². The molecule has 4 nitrogen and oxygen atoms in total.